The van der Waals surface area contributed by atoms with Gasteiger partial charge in [-0.1, -0.05) is 24.3 Å². The molecule has 1 aliphatic heterocycles. The number of hydrogen-bond donors (Lipinski definition) is 1. The third-order valence-corrected chi connectivity index (χ3v) is 7.88. The van der Waals surface area contributed by atoms with Crippen molar-refractivity contribution in [1.82, 2.24) is 4.90 Å². The number of rotatable bonds is 7. The van der Waals surface area contributed by atoms with Crippen molar-refractivity contribution in [1.29, 1.82) is 0 Å². The minimum absolute atomic E-state index is 0.0304. The van der Waals surface area contributed by atoms with Gasteiger partial charge < -0.3 is 14.9 Å². The molecule has 196 valence electrons. The Morgan fingerprint density at radius 1 is 1.16 bits per heavy atom. The third kappa shape index (κ3) is 4.52. The Labute approximate surface area is 227 Å². The lowest BCUT2D eigenvalue weighted by atomic mass is 9.92. The second kappa shape index (κ2) is 10.0. The highest BCUT2D eigenvalue weighted by Crippen LogP contribution is 2.47. The summed E-state index contributed by atoms with van der Waals surface area (Å²) in [7, 11) is 3.67. The molecule has 2 aliphatic rings. The quantitative estimate of drug-likeness (QED) is 0.342. The SMILES string of the molecule is CC(=O)c1cc2c(cc1CC(=O)CN(C)C)CC(C(=O)N1C[C@@H](CCl)c3c1cc(O)c1cccc(C)c31)=C2. The highest BCUT2D eigenvalue weighted by atomic mass is 35.5. The van der Waals surface area contributed by atoms with E-state index < -0.39 is 0 Å². The lowest BCUT2D eigenvalue weighted by molar-refractivity contribution is -0.119. The summed E-state index contributed by atoms with van der Waals surface area (Å²) < 4.78 is 0. The summed E-state index contributed by atoms with van der Waals surface area (Å²) in [4.78, 5) is 42.3. The van der Waals surface area contributed by atoms with Crippen molar-refractivity contribution in [3.63, 3.8) is 0 Å². The maximum Gasteiger partial charge on any atom is 0.254 e. The molecule has 1 amide bonds. The Bertz CT molecular complexity index is 1540. The molecule has 6 nitrogen and oxygen atoms in total. The number of carbonyl (C=O) groups excluding carboxylic acids is 3. The van der Waals surface area contributed by atoms with Crippen LogP contribution in [0.15, 0.2) is 42.0 Å². The van der Waals surface area contributed by atoms with Gasteiger partial charge in [0.25, 0.3) is 5.91 Å². The number of carbonyl (C=O) groups is 3. The summed E-state index contributed by atoms with van der Waals surface area (Å²) in [6.45, 7) is 4.23. The number of nitrogens with zero attached hydrogens (tertiary/aromatic N) is 2. The summed E-state index contributed by atoms with van der Waals surface area (Å²) >= 11 is 6.39. The third-order valence-electron chi connectivity index (χ3n) is 7.51. The number of aryl methyl sites for hydroxylation is 1. The van der Waals surface area contributed by atoms with Crippen LogP contribution in [0.1, 0.15) is 51.0 Å². The first-order chi connectivity index (χ1) is 18.1. The summed E-state index contributed by atoms with van der Waals surface area (Å²) in [5, 5.41) is 12.5. The van der Waals surface area contributed by atoms with Crippen molar-refractivity contribution >= 4 is 51.6 Å². The highest BCUT2D eigenvalue weighted by Gasteiger charge is 2.37. The molecular formula is C31H31ClN2O4. The van der Waals surface area contributed by atoms with Crippen LogP contribution < -0.4 is 4.90 Å². The zero-order chi connectivity index (χ0) is 27.3. The number of benzene rings is 3. The fourth-order valence-corrected chi connectivity index (χ4v) is 6.12. The number of hydrogen-bond acceptors (Lipinski definition) is 5. The van der Waals surface area contributed by atoms with Crippen molar-refractivity contribution < 1.29 is 19.5 Å². The summed E-state index contributed by atoms with van der Waals surface area (Å²) in [5.41, 5.74) is 6.29. The van der Waals surface area contributed by atoms with Gasteiger partial charge in [0.1, 0.15) is 5.75 Å². The van der Waals surface area contributed by atoms with E-state index in [9.17, 15) is 19.5 Å². The van der Waals surface area contributed by atoms with Crippen molar-refractivity contribution in [2.45, 2.75) is 32.6 Å². The molecule has 0 spiro atoms. The maximum absolute atomic E-state index is 13.9. The topological polar surface area (TPSA) is 77.9 Å². The molecule has 0 bridgehead atoms. The minimum Gasteiger partial charge on any atom is -0.507 e. The van der Waals surface area contributed by atoms with E-state index in [4.69, 9.17) is 11.6 Å². The first-order valence-electron chi connectivity index (χ1n) is 12.8. The predicted octanol–water partition coefficient (Wildman–Crippen LogP) is 5.04. The van der Waals surface area contributed by atoms with Crippen LogP contribution in [0.3, 0.4) is 0 Å². The van der Waals surface area contributed by atoms with E-state index in [1.807, 2.05) is 56.3 Å². The lowest BCUT2D eigenvalue weighted by Gasteiger charge is -2.19. The number of halogens is 1. The number of alkyl halides is 1. The van der Waals surface area contributed by atoms with Crippen molar-refractivity contribution in [3.8, 4) is 5.75 Å². The zero-order valence-electron chi connectivity index (χ0n) is 22.1. The van der Waals surface area contributed by atoms with Crippen LogP contribution in [0.2, 0.25) is 0 Å². The number of ketones is 2. The van der Waals surface area contributed by atoms with Gasteiger partial charge in [-0.25, -0.2) is 0 Å². The molecule has 1 N–H and O–H groups in total. The molecule has 0 aromatic heterocycles. The Kier molecular flexibility index (Phi) is 6.88. The van der Waals surface area contributed by atoms with E-state index >= 15 is 0 Å². The van der Waals surface area contributed by atoms with Gasteiger partial charge in [0, 0.05) is 53.8 Å². The molecule has 1 aliphatic carbocycles. The molecule has 38 heavy (non-hydrogen) atoms. The summed E-state index contributed by atoms with van der Waals surface area (Å²) in [6, 6.07) is 11.2. The molecule has 3 aromatic rings. The van der Waals surface area contributed by atoms with Gasteiger partial charge in [-0.2, -0.15) is 0 Å². The first-order valence-corrected chi connectivity index (χ1v) is 13.3. The van der Waals surface area contributed by atoms with Crippen LogP contribution in [0.25, 0.3) is 16.8 Å². The normalized spacial score (nSPS) is 16.1. The van der Waals surface area contributed by atoms with Crippen LogP contribution in [-0.4, -0.2) is 60.5 Å². The van der Waals surface area contributed by atoms with Crippen molar-refractivity contribution in [2.75, 3.05) is 38.0 Å². The average molecular weight is 531 g/mol. The fourth-order valence-electron chi connectivity index (χ4n) is 5.87. The molecule has 5 rings (SSSR count). The Hall–Kier alpha value is -3.48. The average Bonchev–Trinajstić information content (AvgIpc) is 3.43. The van der Waals surface area contributed by atoms with Crippen LogP contribution in [0.5, 0.6) is 5.75 Å². The number of aromatic hydroxyl groups is 1. The lowest BCUT2D eigenvalue weighted by Crippen LogP contribution is -2.31. The summed E-state index contributed by atoms with van der Waals surface area (Å²) in [6.07, 6.45) is 2.43. The van der Waals surface area contributed by atoms with Gasteiger partial charge in [0.2, 0.25) is 0 Å². The van der Waals surface area contributed by atoms with Crippen LogP contribution in [0, 0.1) is 6.92 Å². The number of Topliss-reactive ketones (excluding diaryl/α,β-unsaturated/α-hetero) is 2. The Morgan fingerprint density at radius 3 is 2.61 bits per heavy atom. The number of phenolic OH excluding ortho intramolecular Hbond substituents is 1. The first kappa shape index (κ1) is 26.1. The van der Waals surface area contributed by atoms with Gasteiger partial charge in [-0.15, -0.1) is 11.6 Å². The number of phenols is 1. The van der Waals surface area contributed by atoms with Gasteiger partial charge in [-0.3, -0.25) is 14.4 Å². The van der Waals surface area contributed by atoms with E-state index in [-0.39, 0.29) is 35.6 Å². The van der Waals surface area contributed by atoms with Gasteiger partial charge in [-0.05, 0) is 73.3 Å². The van der Waals surface area contributed by atoms with Crippen molar-refractivity contribution in [2.24, 2.45) is 0 Å². The molecular weight excluding hydrogens is 500 g/mol. The molecule has 0 saturated carbocycles. The largest absolute Gasteiger partial charge is 0.507 e. The minimum atomic E-state index is -0.142. The number of likely N-dealkylation sites (N-methyl/N-ethyl adjacent to an activating group) is 1. The number of fused-ring (bicyclic) bond motifs is 4. The monoisotopic (exact) mass is 530 g/mol. The zero-order valence-corrected chi connectivity index (χ0v) is 22.9. The molecule has 3 aromatic carbocycles. The van der Waals surface area contributed by atoms with Crippen molar-refractivity contribution in [3.05, 3.63) is 75.4 Å². The standard InChI is InChI=1S/C31H31ClN2O4/c1-17-6-5-7-25-28(37)13-27-30(29(17)25)23(14-32)15-34(27)31(38)22-9-19-8-21(11-24(36)16-33(3)4)26(18(2)35)12-20(19)10-22/h5-8,10,12-13,23,37H,9,11,14-16H2,1-4H3/t23-/m1/s1. The number of amides is 1. The van der Waals surface area contributed by atoms with Gasteiger partial charge >= 0.3 is 0 Å². The fraction of sp³-hybridized carbons (Fsp3) is 0.323. The smallest absolute Gasteiger partial charge is 0.254 e. The molecule has 1 heterocycles. The van der Waals surface area contributed by atoms with Crippen LogP contribution in [0.4, 0.5) is 5.69 Å². The molecule has 0 fully saturated rings. The second-order valence-corrected chi connectivity index (χ2v) is 11.0. The molecule has 0 saturated heterocycles. The molecule has 0 radical (unpaired) electrons. The predicted molar refractivity (Wildman–Crippen MR) is 152 cm³/mol. The van der Waals surface area contributed by atoms with Gasteiger partial charge in [0.15, 0.2) is 11.6 Å². The van der Waals surface area contributed by atoms with E-state index in [2.05, 4.69) is 0 Å². The maximum atomic E-state index is 13.9. The van der Waals surface area contributed by atoms with Crippen LogP contribution in [-0.2, 0) is 22.4 Å². The second-order valence-electron chi connectivity index (χ2n) is 10.7. The van der Waals surface area contributed by atoms with E-state index in [0.29, 0.717) is 47.8 Å². The summed E-state index contributed by atoms with van der Waals surface area (Å²) in [5.74, 6) is 0.223. The number of anilines is 1. The van der Waals surface area contributed by atoms with Crippen LogP contribution >= 0.6 is 11.6 Å². The van der Waals surface area contributed by atoms with E-state index in [1.54, 1.807) is 17.0 Å². The molecule has 7 heteroatoms. The van der Waals surface area contributed by atoms with Gasteiger partial charge in [0.05, 0.1) is 12.2 Å². The highest BCUT2D eigenvalue weighted by molar-refractivity contribution is 6.19. The van der Waals surface area contributed by atoms with E-state index in [1.165, 1.54) is 6.92 Å². The Balaban J connectivity index is 1.49. The Morgan fingerprint density at radius 2 is 1.92 bits per heavy atom. The van der Waals surface area contributed by atoms with E-state index in [0.717, 1.165) is 33.0 Å². The molecule has 1 atom stereocenters. The molecule has 0 unspecified atom stereocenters.